The Kier molecular flexibility index (Phi) is 3.98. The van der Waals surface area contributed by atoms with Crippen molar-refractivity contribution < 1.29 is 0 Å². The Labute approximate surface area is 123 Å². The van der Waals surface area contributed by atoms with Gasteiger partial charge in [0.1, 0.15) is 5.52 Å². The average Bonchev–Trinajstić information content (AvgIpc) is 2.51. The molecule has 0 aliphatic carbocycles. The number of likely N-dealkylation sites (tertiary alicyclic amines) is 1. The highest BCUT2D eigenvalue weighted by molar-refractivity contribution is 5.76. The number of nitrogens with two attached hydrogens (primary N) is 1. The monoisotopic (exact) mass is 287 g/mol. The molecule has 112 valence electrons. The summed E-state index contributed by atoms with van der Waals surface area (Å²) in [6, 6.07) is 7.70. The standard InChI is InChI=1S/C15H21N5O/c1-11(16)14-8-4-5-9-19(14)10-20-15(21)12-6-2-3-7-13(12)17-18-20/h2-3,6-7,11,14H,4-5,8-10,16H2,1H3. The largest absolute Gasteiger partial charge is 0.327 e. The summed E-state index contributed by atoms with van der Waals surface area (Å²) in [5, 5.41) is 8.81. The molecule has 21 heavy (non-hydrogen) atoms. The number of fused-ring (bicyclic) bond motifs is 1. The van der Waals surface area contributed by atoms with Gasteiger partial charge in [0.25, 0.3) is 5.56 Å². The zero-order valence-corrected chi connectivity index (χ0v) is 12.3. The summed E-state index contributed by atoms with van der Waals surface area (Å²) in [7, 11) is 0. The summed E-state index contributed by atoms with van der Waals surface area (Å²) in [4.78, 5) is 14.7. The predicted molar refractivity (Wildman–Crippen MR) is 81.8 cm³/mol. The van der Waals surface area contributed by atoms with Gasteiger partial charge in [-0.05, 0) is 31.9 Å². The lowest BCUT2D eigenvalue weighted by Gasteiger charge is -2.37. The van der Waals surface area contributed by atoms with Crippen LogP contribution in [-0.2, 0) is 6.67 Å². The van der Waals surface area contributed by atoms with E-state index in [0.29, 0.717) is 23.6 Å². The van der Waals surface area contributed by atoms with Crippen LogP contribution in [0.1, 0.15) is 26.2 Å². The number of nitrogens with zero attached hydrogens (tertiary/aromatic N) is 4. The number of aromatic nitrogens is 3. The molecule has 3 rings (SSSR count). The summed E-state index contributed by atoms with van der Waals surface area (Å²) < 4.78 is 1.45. The topological polar surface area (TPSA) is 77.0 Å². The molecule has 6 nitrogen and oxygen atoms in total. The molecule has 2 atom stereocenters. The lowest BCUT2D eigenvalue weighted by Crippen LogP contribution is -2.50. The van der Waals surface area contributed by atoms with Gasteiger partial charge in [0, 0.05) is 18.6 Å². The van der Waals surface area contributed by atoms with Crippen LogP contribution in [0.25, 0.3) is 10.9 Å². The molecule has 1 aromatic heterocycles. The molecule has 0 amide bonds. The average molecular weight is 287 g/mol. The van der Waals surface area contributed by atoms with Gasteiger partial charge in [0.05, 0.1) is 12.1 Å². The number of benzene rings is 1. The van der Waals surface area contributed by atoms with E-state index in [1.165, 1.54) is 11.1 Å². The molecular weight excluding hydrogens is 266 g/mol. The van der Waals surface area contributed by atoms with Crippen molar-refractivity contribution in [3.63, 3.8) is 0 Å². The highest BCUT2D eigenvalue weighted by Crippen LogP contribution is 2.19. The summed E-state index contributed by atoms with van der Waals surface area (Å²) in [5.74, 6) is 0. The highest BCUT2D eigenvalue weighted by atomic mass is 16.1. The second-order valence-corrected chi connectivity index (χ2v) is 5.79. The van der Waals surface area contributed by atoms with Crippen molar-refractivity contribution in [3.8, 4) is 0 Å². The maximum absolute atomic E-state index is 12.5. The molecule has 1 aliphatic heterocycles. The van der Waals surface area contributed by atoms with E-state index in [2.05, 4.69) is 15.2 Å². The number of rotatable bonds is 3. The molecule has 0 saturated carbocycles. The zero-order valence-electron chi connectivity index (χ0n) is 12.3. The van der Waals surface area contributed by atoms with E-state index in [-0.39, 0.29) is 11.6 Å². The second kappa shape index (κ2) is 5.91. The lowest BCUT2D eigenvalue weighted by atomic mass is 9.97. The summed E-state index contributed by atoms with van der Waals surface area (Å²) >= 11 is 0. The Morgan fingerprint density at radius 3 is 3.00 bits per heavy atom. The van der Waals surface area contributed by atoms with Crippen molar-refractivity contribution in [2.75, 3.05) is 6.54 Å². The Balaban J connectivity index is 1.90. The molecule has 1 fully saturated rings. The zero-order chi connectivity index (χ0) is 14.8. The van der Waals surface area contributed by atoms with Crippen LogP contribution >= 0.6 is 0 Å². The van der Waals surface area contributed by atoms with Gasteiger partial charge in [0.15, 0.2) is 0 Å². The molecule has 1 aromatic carbocycles. The van der Waals surface area contributed by atoms with Gasteiger partial charge in [-0.15, -0.1) is 5.10 Å². The molecule has 2 aromatic rings. The van der Waals surface area contributed by atoms with Crippen LogP contribution < -0.4 is 11.3 Å². The van der Waals surface area contributed by atoms with Crippen molar-refractivity contribution in [3.05, 3.63) is 34.6 Å². The summed E-state index contributed by atoms with van der Waals surface area (Å²) in [6.07, 6.45) is 3.41. The SMILES string of the molecule is CC(N)C1CCCCN1Cn1nnc2ccccc2c1=O. The Hall–Kier alpha value is -1.79. The first kappa shape index (κ1) is 14.2. The fourth-order valence-electron chi connectivity index (χ4n) is 3.08. The third kappa shape index (κ3) is 2.82. The van der Waals surface area contributed by atoms with E-state index in [1.807, 2.05) is 19.1 Å². The quantitative estimate of drug-likeness (QED) is 0.909. The molecule has 2 N–H and O–H groups in total. The molecule has 1 saturated heterocycles. The summed E-state index contributed by atoms with van der Waals surface area (Å²) in [5.41, 5.74) is 6.63. The van der Waals surface area contributed by atoms with Gasteiger partial charge in [0.2, 0.25) is 0 Å². The van der Waals surface area contributed by atoms with Gasteiger partial charge < -0.3 is 5.73 Å². The van der Waals surface area contributed by atoms with Gasteiger partial charge in [-0.3, -0.25) is 9.69 Å². The number of hydrogen-bond donors (Lipinski definition) is 1. The van der Waals surface area contributed by atoms with Crippen molar-refractivity contribution >= 4 is 10.9 Å². The van der Waals surface area contributed by atoms with E-state index >= 15 is 0 Å². The van der Waals surface area contributed by atoms with Crippen LogP contribution in [0.5, 0.6) is 0 Å². The molecule has 6 heteroatoms. The van der Waals surface area contributed by atoms with Crippen LogP contribution in [0.2, 0.25) is 0 Å². The maximum atomic E-state index is 12.5. The normalized spacial score (nSPS) is 21.5. The fraction of sp³-hybridized carbons (Fsp3) is 0.533. The molecule has 0 spiro atoms. The third-order valence-electron chi connectivity index (χ3n) is 4.22. The Bertz CT molecular complexity index is 681. The highest BCUT2D eigenvalue weighted by Gasteiger charge is 2.26. The Morgan fingerprint density at radius 1 is 1.38 bits per heavy atom. The first-order valence-corrected chi connectivity index (χ1v) is 7.49. The minimum Gasteiger partial charge on any atom is -0.327 e. The van der Waals surface area contributed by atoms with E-state index in [1.54, 1.807) is 12.1 Å². The molecule has 1 aliphatic rings. The van der Waals surface area contributed by atoms with E-state index in [4.69, 9.17) is 5.73 Å². The first-order valence-electron chi connectivity index (χ1n) is 7.49. The first-order chi connectivity index (χ1) is 10.2. The second-order valence-electron chi connectivity index (χ2n) is 5.79. The van der Waals surface area contributed by atoms with Gasteiger partial charge in [-0.1, -0.05) is 23.8 Å². The van der Waals surface area contributed by atoms with E-state index in [0.717, 1.165) is 19.4 Å². The van der Waals surface area contributed by atoms with Gasteiger partial charge in [-0.2, -0.15) is 4.68 Å². The van der Waals surface area contributed by atoms with Gasteiger partial charge in [-0.25, -0.2) is 0 Å². The molecule has 2 unspecified atom stereocenters. The maximum Gasteiger partial charge on any atom is 0.278 e. The summed E-state index contributed by atoms with van der Waals surface area (Å²) in [6.45, 7) is 3.44. The van der Waals surface area contributed by atoms with Crippen LogP contribution in [0, 0.1) is 0 Å². The van der Waals surface area contributed by atoms with Crippen molar-refractivity contribution in [1.29, 1.82) is 0 Å². The number of piperidine rings is 1. The molecule has 0 radical (unpaired) electrons. The van der Waals surface area contributed by atoms with Crippen LogP contribution in [0.3, 0.4) is 0 Å². The van der Waals surface area contributed by atoms with Crippen LogP contribution in [0.4, 0.5) is 0 Å². The third-order valence-corrected chi connectivity index (χ3v) is 4.22. The van der Waals surface area contributed by atoms with Gasteiger partial charge >= 0.3 is 0 Å². The fourth-order valence-corrected chi connectivity index (χ4v) is 3.08. The van der Waals surface area contributed by atoms with E-state index in [9.17, 15) is 4.79 Å². The van der Waals surface area contributed by atoms with E-state index < -0.39 is 0 Å². The van der Waals surface area contributed by atoms with Crippen LogP contribution in [-0.4, -0.2) is 38.5 Å². The van der Waals surface area contributed by atoms with Crippen LogP contribution in [0.15, 0.2) is 29.1 Å². The van der Waals surface area contributed by atoms with Crippen molar-refractivity contribution in [2.24, 2.45) is 5.73 Å². The molecular formula is C15H21N5O. The minimum absolute atomic E-state index is 0.0883. The Morgan fingerprint density at radius 2 is 2.19 bits per heavy atom. The minimum atomic E-state index is -0.0883. The number of hydrogen-bond acceptors (Lipinski definition) is 5. The molecule has 0 bridgehead atoms. The lowest BCUT2D eigenvalue weighted by molar-refractivity contribution is 0.0870. The predicted octanol–water partition coefficient (Wildman–Crippen LogP) is 0.951. The van der Waals surface area contributed by atoms with Crippen molar-refractivity contribution in [1.82, 2.24) is 19.9 Å². The smallest absolute Gasteiger partial charge is 0.278 e. The molecule has 2 heterocycles. The van der Waals surface area contributed by atoms with Crippen molar-refractivity contribution in [2.45, 2.75) is 44.9 Å².